The van der Waals surface area contributed by atoms with Gasteiger partial charge in [0.05, 0.1) is 45.5 Å². The van der Waals surface area contributed by atoms with Gasteiger partial charge in [-0.25, -0.2) is 14.6 Å². The van der Waals surface area contributed by atoms with Crippen LogP contribution in [-0.4, -0.2) is 60.9 Å². The molecule has 10 nitrogen and oxygen atoms in total. The third-order valence-corrected chi connectivity index (χ3v) is 6.10. The van der Waals surface area contributed by atoms with Crippen LogP contribution in [0.5, 0.6) is 0 Å². The zero-order valence-corrected chi connectivity index (χ0v) is 21.7. The lowest BCUT2D eigenvalue weighted by molar-refractivity contribution is -0.139. The highest BCUT2D eigenvalue weighted by Gasteiger charge is 2.17. The molecule has 0 saturated heterocycles. The van der Waals surface area contributed by atoms with E-state index in [9.17, 15) is 29.7 Å². The fourth-order valence-corrected chi connectivity index (χ4v) is 3.91. The molecule has 0 amide bonds. The quantitative estimate of drug-likeness (QED) is 0.520. The van der Waals surface area contributed by atoms with Crippen molar-refractivity contribution in [1.82, 2.24) is 14.9 Å². The number of carbonyl (C=O) groups is 3. The highest BCUT2D eigenvalue weighted by Crippen LogP contribution is 2.25. The molecular formula is C28H30N4O6. The lowest BCUT2D eigenvalue weighted by atomic mass is 10.0. The molecule has 0 saturated carbocycles. The zero-order chi connectivity index (χ0) is 28.1. The van der Waals surface area contributed by atoms with Crippen molar-refractivity contribution in [2.24, 2.45) is 10.9 Å². The number of carboxylic acids is 3. The summed E-state index contributed by atoms with van der Waals surface area (Å²) in [6.45, 7) is 9.22. The summed E-state index contributed by atoms with van der Waals surface area (Å²) in [6.07, 6.45) is 4.65. The number of aromatic carboxylic acids is 2. The Morgan fingerprint density at radius 1 is 0.947 bits per heavy atom. The largest absolute Gasteiger partial charge is 0.481 e. The minimum absolute atomic E-state index is 0.00243. The van der Waals surface area contributed by atoms with E-state index in [1.807, 2.05) is 0 Å². The Balaban J connectivity index is 2.24. The first-order valence-corrected chi connectivity index (χ1v) is 12.0. The molecule has 3 N–H and O–H groups in total. The fourth-order valence-electron chi connectivity index (χ4n) is 3.91. The van der Waals surface area contributed by atoms with Crippen LogP contribution >= 0.6 is 0 Å². The van der Waals surface area contributed by atoms with Crippen molar-refractivity contribution in [2.75, 3.05) is 7.05 Å². The Kier molecular flexibility index (Phi) is 8.57. The van der Waals surface area contributed by atoms with Gasteiger partial charge in [0.15, 0.2) is 0 Å². The van der Waals surface area contributed by atoms with E-state index >= 15 is 0 Å². The van der Waals surface area contributed by atoms with E-state index in [0.717, 1.165) is 0 Å². The predicted octanol–water partition coefficient (Wildman–Crippen LogP) is 4.75. The molecule has 3 heterocycles. The lowest BCUT2D eigenvalue weighted by Gasteiger charge is -2.19. The van der Waals surface area contributed by atoms with Gasteiger partial charge in [-0.2, -0.15) is 0 Å². The monoisotopic (exact) mass is 518 g/mol. The summed E-state index contributed by atoms with van der Waals surface area (Å²) < 4.78 is 0. The summed E-state index contributed by atoms with van der Waals surface area (Å²) in [6, 6.07) is 5.64. The summed E-state index contributed by atoms with van der Waals surface area (Å²) in [5.41, 5.74) is 3.68. The fraction of sp³-hybridized carbons (Fsp3) is 0.286. The number of aromatic nitrogens is 2. The Bertz CT molecular complexity index is 1410. The van der Waals surface area contributed by atoms with Crippen molar-refractivity contribution >= 4 is 29.2 Å². The highest BCUT2D eigenvalue weighted by atomic mass is 16.4. The zero-order valence-electron chi connectivity index (χ0n) is 21.7. The van der Waals surface area contributed by atoms with Crippen LogP contribution in [0.4, 0.5) is 0 Å². The SMILES string of the molecule is C=C1C(C)=N/C(=C\C(C)C(=O)O)CCCc2cc(C(=O)O)cc(n2)-c2cc(C(=O)O)cc(n2)/C(C)=C\N1C. The van der Waals surface area contributed by atoms with Gasteiger partial charge in [0.2, 0.25) is 0 Å². The number of pyridine rings is 2. The molecule has 1 atom stereocenters. The second-order valence-corrected chi connectivity index (χ2v) is 9.17. The van der Waals surface area contributed by atoms with Crippen LogP contribution in [0.15, 0.2) is 59.5 Å². The molecule has 1 aliphatic rings. The number of rotatable bonds is 4. The van der Waals surface area contributed by atoms with Crippen molar-refractivity contribution in [1.29, 1.82) is 0 Å². The van der Waals surface area contributed by atoms with Crippen molar-refractivity contribution in [3.63, 3.8) is 0 Å². The van der Waals surface area contributed by atoms with Gasteiger partial charge in [-0.15, -0.1) is 0 Å². The maximum Gasteiger partial charge on any atom is 0.335 e. The minimum atomic E-state index is -1.15. The first-order valence-electron chi connectivity index (χ1n) is 12.0. The van der Waals surface area contributed by atoms with Crippen molar-refractivity contribution < 1.29 is 29.7 Å². The molecule has 10 heteroatoms. The van der Waals surface area contributed by atoms with Gasteiger partial charge in [-0.1, -0.05) is 6.58 Å². The molecule has 2 aromatic rings. The first kappa shape index (κ1) is 28.0. The molecule has 198 valence electrons. The smallest absolute Gasteiger partial charge is 0.335 e. The molecule has 0 fully saturated rings. The second-order valence-electron chi connectivity index (χ2n) is 9.17. The van der Waals surface area contributed by atoms with Crippen LogP contribution in [0.1, 0.15) is 65.7 Å². The molecule has 0 aromatic carbocycles. The van der Waals surface area contributed by atoms with Crippen LogP contribution < -0.4 is 0 Å². The predicted molar refractivity (Wildman–Crippen MR) is 143 cm³/mol. The van der Waals surface area contributed by atoms with E-state index in [1.165, 1.54) is 24.3 Å². The molecule has 1 unspecified atom stereocenters. The minimum Gasteiger partial charge on any atom is -0.481 e. The normalized spacial score (nSPS) is 17.8. The molecule has 1 aliphatic heterocycles. The second kappa shape index (κ2) is 11.6. The number of allylic oxidation sites excluding steroid dienone is 3. The average molecular weight is 519 g/mol. The van der Waals surface area contributed by atoms with Gasteiger partial charge in [0.1, 0.15) is 0 Å². The average Bonchev–Trinajstić information content (AvgIpc) is 2.86. The molecule has 0 aliphatic carbocycles. The topological polar surface area (TPSA) is 153 Å². The van der Waals surface area contributed by atoms with Crippen molar-refractivity contribution in [3.05, 3.63) is 77.0 Å². The van der Waals surface area contributed by atoms with Crippen LogP contribution in [0, 0.1) is 5.92 Å². The number of hydrogen-bond acceptors (Lipinski definition) is 7. The lowest BCUT2D eigenvalue weighted by Crippen LogP contribution is -2.17. The molecular weight excluding hydrogens is 488 g/mol. The van der Waals surface area contributed by atoms with Crippen LogP contribution in [0.2, 0.25) is 0 Å². The van der Waals surface area contributed by atoms with E-state index in [0.29, 0.717) is 53.3 Å². The van der Waals surface area contributed by atoms with Crippen molar-refractivity contribution in [3.8, 4) is 11.4 Å². The van der Waals surface area contributed by atoms with Crippen LogP contribution in [0.3, 0.4) is 0 Å². The first-order chi connectivity index (χ1) is 17.8. The van der Waals surface area contributed by atoms with Crippen LogP contribution in [0.25, 0.3) is 17.0 Å². The highest BCUT2D eigenvalue weighted by molar-refractivity contribution is 5.98. The number of aliphatic carboxylic acids is 1. The standard InChI is InChI=1S/C28H30N4O6/c1-15(26(33)34)9-21-7-6-8-22-10-19(27(35)36)12-24(30-22)25-13-20(28(37)38)11-23(31-25)16(2)14-32(5)18(4)17(3)29-21/h9-15H,4,6-8H2,1-3,5H3,(H,33,34)(H,35,36)(H,37,38)/b16-14-,21-9-,29-17?. The number of hydrogen-bond donors (Lipinski definition) is 3. The van der Waals surface area contributed by atoms with Gasteiger partial charge in [-0.3, -0.25) is 14.8 Å². The van der Waals surface area contributed by atoms with E-state index in [1.54, 1.807) is 45.0 Å². The third kappa shape index (κ3) is 6.78. The van der Waals surface area contributed by atoms with Crippen molar-refractivity contribution in [2.45, 2.75) is 40.0 Å². The summed E-state index contributed by atoms with van der Waals surface area (Å²) in [4.78, 5) is 50.8. The maximum atomic E-state index is 11.9. The molecule has 0 spiro atoms. The number of aliphatic imine (C=N–C) groups is 1. The summed E-state index contributed by atoms with van der Waals surface area (Å²) >= 11 is 0. The summed E-state index contributed by atoms with van der Waals surface area (Å²) in [5.74, 6) is -4.02. The van der Waals surface area contributed by atoms with E-state index < -0.39 is 23.8 Å². The number of aryl methyl sites for hydroxylation is 1. The van der Waals surface area contributed by atoms with E-state index in [2.05, 4.69) is 21.5 Å². The maximum absolute atomic E-state index is 11.9. The molecule has 38 heavy (non-hydrogen) atoms. The van der Waals surface area contributed by atoms with Gasteiger partial charge >= 0.3 is 17.9 Å². The Labute approximate surface area is 220 Å². The number of carboxylic acid groups (broad SMARTS) is 3. The van der Waals surface area contributed by atoms with E-state index in [4.69, 9.17) is 0 Å². The molecule has 4 bridgehead atoms. The molecule has 0 radical (unpaired) electrons. The van der Waals surface area contributed by atoms with Gasteiger partial charge in [0, 0.05) is 24.6 Å². The third-order valence-electron chi connectivity index (χ3n) is 6.10. The Morgan fingerprint density at radius 3 is 2.13 bits per heavy atom. The molecule has 3 rings (SSSR count). The van der Waals surface area contributed by atoms with E-state index in [-0.39, 0.29) is 22.5 Å². The Hall–Kier alpha value is -4.60. The number of nitrogens with zero attached hydrogens (tertiary/aromatic N) is 4. The van der Waals surface area contributed by atoms with Gasteiger partial charge in [-0.05, 0) is 75.9 Å². The molecule has 2 aromatic heterocycles. The van der Waals surface area contributed by atoms with Gasteiger partial charge in [0.25, 0.3) is 0 Å². The van der Waals surface area contributed by atoms with Crippen LogP contribution in [-0.2, 0) is 11.2 Å². The Morgan fingerprint density at radius 2 is 1.53 bits per heavy atom. The number of fused-ring (bicyclic) bond motifs is 5. The summed E-state index contributed by atoms with van der Waals surface area (Å²) in [5, 5.41) is 28.8. The van der Waals surface area contributed by atoms with Gasteiger partial charge < -0.3 is 20.2 Å². The summed E-state index contributed by atoms with van der Waals surface area (Å²) in [7, 11) is 1.77.